The largest absolute Gasteiger partial charge is 0.365 e. The molecule has 7 nitrogen and oxygen atoms in total. The number of likely N-dealkylation sites (tertiary alicyclic amines) is 1. The summed E-state index contributed by atoms with van der Waals surface area (Å²) >= 11 is 0. The number of nitrogens with one attached hydrogen (secondary N) is 2. The minimum Gasteiger partial charge on any atom is -0.365 e. The van der Waals surface area contributed by atoms with Crippen molar-refractivity contribution in [3.63, 3.8) is 0 Å². The van der Waals surface area contributed by atoms with Crippen LogP contribution in [0.5, 0.6) is 0 Å². The van der Waals surface area contributed by atoms with E-state index in [0.29, 0.717) is 11.7 Å². The molecule has 0 saturated carbocycles. The molecule has 1 aromatic carbocycles. The maximum Gasteiger partial charge on any atom is 0.267 e. The molecule has 0 aliphatic carbocycles. The average Bonchev–Trinajstić information content (AvgIpc) is 2.72. The summed E-state index contributed by atoms with van der Waals surface area (Å²) < 4.78 is 0. The second-order valence-corrected chi connectivity index (χ2v) is 6.66. The molecule has 0 spiro atoms. The van der Waals surface area contributed by atoms with E-state index in [1.54, 1.807) is 12.4 Å². The highest BCUT2D eigenvalue weighted by Crippen LogP contribution is 2.15. The highest BCUT2D eigenvalue weighted by molar-refractivity contribution is 5.90. The lowest BCUT2D eigenvalue weighted by atomic mass is 10.0. The van der Waals surface area contributed by atoms with E-state index in [1.807, 2.05) is 6.07 Å². The van der Waals surface area contributed by atoms with Crippen molar-refractivity contribution in [2.75, 3.05) is 25.0 Å². The van der Waals surface area contributed by atoms with Crippen LogP contribution < -0.4 is 10.8 Å². The van der Waals surface area contributed by atoms with Crippen LogP contribution in [0.2, 0.25) is 0 Å². The summed E-state index contributed by atoms with van der Waals surface area (Å²) in [6.45, 7) is 3.19. The normalized spacial score (nSPS) is 17.7. The molecule has 142 valence electrons. The van der Waals surface area contributed by atoms with Gasteiger partial charge in [0.15, 0.2) is 0 Å². The van der Waals surface area contributed by atoms with Crippen LogP contribution in [0.3, 0.4) is 0 Å². The molecular formula is C20H25N5O2. The topological polar surface area (TPSA) is 90.4 Å². The van der Waals surface area contributed by atoms with Crippen LogP contribution in [0.1, 0.15) is 24.1 Å². The number of aromatic nitrogens is 2. The third-order valence-electron chi connectivity index (χ3n) is 4.60. The number of amides is 1. The Morgan fingerprint density at radius 3 is 2.85 bits per heavy atom. The van der Waals surface area contributed by atoms with Gasteiger partial charge in [-0.1, -0.05) is 30.3 Å². The standard InChI is InChI=1S/C20H25N5O2/c26-20(24-27)9-8-17-13-22-19(14-21-17)23-18-7-4-11-25(15-18)12-10-16-5-2-1-3-6-16/h1-3,5-6,8-9,13-14,18,27H,4,7,10-12,15H2,(H,22,23)(H,24,26)/b9-8+/t18-/m1/s1. The number of benzene rings is 1. The summed E-state index contributed by atoms with van der Waals surface area (Å²) in [6, 6.07) is 10.9. The molecule has 1 fully saturated rings. The Bertz CT molecular complexity index is 749. The fourth-order valence-electron chi connectivity index (χ4n) is 3.21. The van der Waals surface area contributed by atoms with Crippen LogP contribution in [-0.2, 0) is 11.2 Å². The lowest BCUT2D eigenvalue weighted by Crippen LogP contribution is -2.43. The first-order valence-corrected chi connectivity index (χ1v) is 9.20. The summed E-state index contributed by atoms with van der Waals surface area (Å²) in [6.07, 6.45) is 9.30. The molecule has 1 aliphatic heterocycles. The van der Waals surface area contributed by atoms with E-state index in [1.165, 1.54) is 23.2 Å². The Morgan fingerprint density at radius 1 is 1.26 bits per heavy atom. The van der Waals surface area contributed by atoms with Crippen molar-refractivity contribution >= 4 is 17.8 Å². The molecule has 1 amide bonds. The van der Waals surface area contributed by atoms with Gasteiger partial charge < -0.3 is 10.2 Å². The molecule has 3 N–H and O–H groups in total. The van der Waals surface area contributed by atoms with Crippen LogP contribution in [0.25, 0.3) is 6.08 Å². The zero-order valence-electron chi connectivity index (χ0n) is 15.2. The molecule has 3 rings (SSSR count). The molecular weight excluding hydrogens is 342 g/mol. The fraction of sp³-hybridized carbons (Fsp3) is 0.350. The summed E-state index contributed by atoms with van der Waals surface area (Å²) in [5, 5.41) is 11.9. The molecule has 1 aromatic heterocycles. The fourth-order valence-corrected chi connectivity index (χ4v) is 3.21. The van der Waals surface area contributed by atoms with E-state index in [-0.39, 0.29) is 0 Å². The first-order chi connectivity index (χ1) is 13.2. The molecule has 0 radical (unpaired) electrons. The van der Waals surface area contributed by atoms with Gasteiger partial charge >= 0.3 is 0 Å². The predicted molar refractivity (Wildman–Crippen MR) is 104 cm³/mol. The van der Waals surface area contributed by atoms with Gasteiger partial charge in [0.25, 0.3) is 5.91 Å². The quantitative estimate of drug-likeness (QED) is 0.395. The summed E-state index contributed by atoms with van der Waals surface area (Å²) in [5.74, 6) is 0.130. The van der Waals surface area contributed by atoms with Crippen molar-refractivity contribution in [2.45, 2.75) is 25.3 Å². The number of hydroxylamine groups is 1. The zero-order valence-corrected chi connectivity index (χ0v) is 15.2. The number of piperidine rings is 1. The van der Waals surface area contributed by atoms with Crippen molar-refractivity contribution in [3.8, 4) is 0 Å². The molecule has 0 bridgehead atoms. The predicted octanol–water partition coefficient (Wildman–Crippen LogP) is 2.11. The second kappa shape index (κ2) is 9.80. The molecule has 0 unspecified atom stereocenters. The average molecular weight is 367 g/mol. The Hall–Kier alpha value is -2.77. The van der Waals surface area contributed by atoms with E-state index >= 15 is 0 Å². The zero-order chi connectivity index (χ0) is 18.9. The van der Waals surface area contributed by atoms with Gasteiger partial charge in [-0.3, -0.25) is 15.0 Å². The van der Waals surface area contributed by atoms with E-state index < -0.39 is 5.91 Å². The van der Waals surface area contributed by atoms with Crippen molar-refractivity contribution in [1.29, 1.82) is 0 Å². The Labute approximate surface area is 159 Å². The monoisotopic (exact) mass is 367 g/mol. The highest BCUT2D eigenvalue weighted by atomic mass is 16.5. The maximum absolute atomic E-state index is 11.0. The molecule has 2 heterocycles. The van der Waals surface area contributed by atoms with Gasteiger partial charge in [-0.2, -0.15) is 0 Å². The van der Waals surface area contributed by atoms with Crippen LogP contribution in [0.4, 0.5) is 5.82 Å². The Kier molecular flexibility index (Phi) is 6.90. The van der Waals surface area contributed by atoms with Crippen molar-refractivity contribution in [1.82, 2.24) is 20.3 Å². The van der Waals surface area contributed by atoms with Crippen molar-refractivity contribution in [2.24, 2.45) is 0 Å². The molecule has 1 saturated heterocycles. The molecule has 1 atom stereocenters. The third kappa shape index (κ3) is 6.16. The number of hydrogen-bond donors (Lipinski definition) is 3. The van der Waals surface area contributed by atoms with Gasteiger partial charge in [-0.25, -0.2) is 10.5 Å². The molecule has 1 aliphatic rings. The first-order valence-electron chi connectivity index (χ1n) is 9.20. The van der Waals surface area contributed by atoms with Gasteiger partial charge in [0, 0.05) is 25.2 Å². The number of carbonyl (C=O) groups excluding carboxylic acids is 1. The minimum atomic E-state index is -0.600. The number of carbonyl (C=O) groups is 1. The molecule has 7 heteroatoms. The summed E-state index contributed by atoms with van der Waals surface area (Å²) in [7, 11) is 0. The SMILES string of the molecule is O=C(/C=C/c1cnc(N[C@@H]2CCCN(CCc3ccccc3)C2)cn1)NO. The van der Waals surface area contributed by atoms with Gasteiger partial charge in [0.1, 0.15) is 5.82 Å². The summed E-state index contributed by atoms with van der Waals surface area (Å²) in [5.41, 5.74) is 3.46. The van der Waals surface area contributed by atoms with Crippen LogP contribution >= 0.6 is 0 Å². The van der Waals surface area contributed by atoms with Crippen LogP contribution in [0, 0.1) is 0 Å². The lowest BCUT2D eigenvalue weighted by Gasteiger charge is -2.33. The van der Waals surface area contributed by atoms with Gasteiger partial charge in [-0.15, -0.1) is 0 Å². The van der Waals surface area contributed by atoms with Crippen molar-refractivity contribution in [3.05, 3.63) is 60.1 Å². The van der Waals surface area contributed by atoms with Crippen molar-refractivity contribution < 1.29 is 10.0 Å². The number of hydrogen-bond acceptors (Lipinski definition) is 6. The third-order valence-corrected chi connectivity index (χ3v) is 4.60. The first kappa shape index (κ1) is 19.0. The van der Waals surface area contributed by atoms with Crippen LogP contribution in [0.15, 0.2) is 48.8 Å². The van der Waals surface area contributed by atoms with Crippen LogP contribution in [-0.4, -0.2) is 51.7 Å². The number of nitrogens with zero attached hydrogens (tertiary/aromatic N) is 3. The van der Waals surface area contributed by atoms with E-state index in [0.717, 1.165) is 44.7 Å². The van der Waals surface area contributed by atoms with Gasteiger partial charge in [0.05, 0.1) is 18.1 Å². The highest BCUT2D eigenvalue weighted by Gasteiger charge is 2.19. The van der Waals surface area contributed by atoms with Gasteiger partial charge in [0.2, 0.25) is 0 Å². The van der Waals surface area contributed by atoms with E-state index in [4.69, 9.17) is 5.21 Å². The Morgan fingerprint density at radius 2 is 2.11 bits per heavy atom. The van der Waals surface area contributed by atoms with E-state index in [2.05, 4.69) is 44.5 Å². The van der Waals surface area contributed by atoms with Gasteiger partial charge in [-0.05, 0) is 37.4 Å². The summed E-state index contributed by atoms with van der Waals surface area (Å²) in [4.78, 5) is 22.1. The maximum atomic E-state index is 11.0. The Balaban J connectivity index is 1.48. The number of anilines is 1. The molecule has 27 heavy (non-hydrogen) atoms. The number of rotatable bonds is 7. The smallest absolute Gasteiger partial charge is 0.267 e. The molecule has 2 aromatic rings. The van der Waals surface area contributed by atoms with E-state index in [9.17, 15) is 4.79 Å². The minimum absolute atomic E-state index is 0.352. The second-order valence-electron chi connectivity index (χ2n) is 6.66. The lowest BCUT2D eigenvalue weighted by molar-refractivity contribution is -0.124.